The first-order chi connectivity index (χ1) is 11.4. The van der Waals surface area contributed by atoms with Crippen LogP contribution in [-0.2, 0) is 11.8 Å². The highest BCUT2D eigenvalue weighted by Gasteiger charge is 2.13. The number of halogens is 2. The second kappa shape index (κ2) is 8.11. The van der Waals surface area contributed by atoms with Crippen LogP contribution in [0.2, 0.25) is 0 Å². The van der Waals surface area contributed by atoms with E-state index in [2.05, 4.69) is 48.0 Å². The smallest absolute Gasteiger partial charge is 0.286 e. The van der Waals surface area contributed by atoms with Crippen molar-refractivity contribution in [2.24, 2.45) is 7.05 Å². The lowest BCUT2D eigenvalue weighted by molar-refractivity contribution is -0.120. The lowest BCUT2D eigenvalue weighted by atomic mass is 10.2. The molecule has 0 unspecified atom stereocenters. The van der Waals surface area contributed by atoms with Gasteiger partial charge in [0, 0.05) is 27.8 Å². The molecule has 3 amide bonds. The average Bonchev–Trinajstić information content (AvgIpc) is 2.88. The predicted molar refractivity (Wildman–Crippen MR) is 95.2 cm³/mol. The van der Waals surface area contributed by atoms with E-state index in [9.17, 15) is 14.4 Å². The number of hydrazine groups is 1. The van der Waals surface area contributed by atoms with Crippen LogP contribution in [0.3, 0.4) is 0 Å². The van der Waals surface area contributed by atoms with Gasteiger partial charge in [0.25, 0.3) is 17.7 Å². The second-order valence-electron chi connectivity index (χ2n) is 4.85. The monoisotopic (exact) mass is 456 g/mol. The number of benzene rings is 1. The number of nitrogens with one attached hydrogen (secondary N) is 3. The zero-order valence-electron chi connectivity index (χ0n) is 12.6. The Balaban J connectivity index is 1.80. The molecule has 2 rings (SSSR count). The Labute approximate surface area is 155 Å². The van der Waals surface area contributed by atoms with E-state index >= 15 is 0 Å². The van der Waals surface area contributed by atoms with Crippen LogP contribution >= 0.6 is 31.9 Å². The molecule has 0 aliphatic rings. The summed E-state index contributed by atoms with van der Waals surface area (Å²) in [6, 6.07) is 8.41. The first-order valence-corrected chi connectivity index (χ1v) is 8.40. The van der Waals surface area contributed by atoms with E-state index in [0.717, 1.165) is 8.95 Å². The maximum Gasteiger partial charge on any atom is 0.286 e. The Kier molecular flexibility index (Phi) is 6.16. The van der Waals surface area contributed by atoms with E-state index in [4.69, 9.17) is 0 Å². The first-order valence-electron chi connectivity index (χ1n) is 6.81. The highest BCUT2D eigenvalue weighted by atomic mass is 79.9. The van der Waals surface area contributed by atoms with E-state index in [0.29, 0.717) is 11.3 Å². The minimum absolute atomic E-state index is 0.261. The Morgan fingerprint density at radius 2 is 1.79 bits per heavy atom. The topological polar surface area (TPSA) is 92.2 Å². The molecular formula is C15H14Br2N4O3. The molecule has 1 aromatic carbocycles. The molecule has 0 atom stereocenters. The Morgan fingerprint density at radius 1 is 1.04 bits per heavy atom. The molecular weight excluding hydrogens is 444 g/mol. The van der Waals surface area contributed by atoms with Crippen molar-refractivity contribution in [3.63, 3.8) is 0 Å². The summed E-state index contributed by atoms with van der Waals surface area (Å²) in [5.74, 6) is -1.39. The van der Waals surface area contributed by atoms with Crippen LogP contribution < -0.4 is 16.2 Å². The van der Waals surface area contributed by atoms with Gasteiger partial charge in [-0.2, -0.15) is 0 Å². The number of aromatic nitrogens is 1. The number of hydrogen-bond acceptors (Lipinski definition) is 3. The zero-order chi connectivity index (χ0) is 17.7. The molecule has 0 aliphatic heterocycles. The van der Waals surface area contributed by atoms with Gasteiger partial charge < -0.3 is 9.88 Å². The number of amides is 3. The quantitative estimate of drug-likeness (QED) is 0.610. The van der Waals surface area contributed by atoms with Crippen LogP contribution in [0.1, 0.15) is 20.8 Å². The first kappa shape index (κ1) is 18.2. The fourth-order valence-electron chi connectivity index (χ4n) is 1.88. The van der Waals surface area contributed by atoms with Crippen LogP contribution in [0.4, 0.5) is 0 Å². The highest BCUT2D eigenvalue weighted by Crippen LogP contribution is 2.13. The third-order valence-electron chi connectivity index (χ3n) is 3.02. The van der Waals surface area contributed by atoms with E-state index in [1.54, 1.807) is 48.1 Å². The zero-order valence-corrected chi connectivity index (χ0v) is 15.8. The number of nitrogens with zero attached hydrogens (tertiary/aromatic N) is 1. The molecule has 9 heteroatoms. The summed E-state index contributed by atoms with van der Waals surface area (Å²) in [6.45, 7) is -0.261. The molecule has 7 nitrogen and oxygen atoms in total. The van der Waals surface area contributed by atoms with Crippen LogP contribution in [0, 0.1) is 0 Å². The minimum Gasteiger partial charge on any atom is -0.345 e. The summed E-state index contributed by atoms with van der Waals surface area (Å²) in [5.41, 5.74) is 5.33. The fourth-order valence-corrected chi connectivity index (χ4v) is 2.80. The third kappa shape index (κ3) is 4.93. The Morgan fingerprint density at radius 3 is 2.42 bits per heavy atom. The van der Waals surface area contributed by atoms with Crippen molar-refractivity contribution in [3.8, 4) is 0 Å². The number of aryl methyl sites for hydroxylation is 1. The molecule has 24 heavy (non-hydrogen) atoms. The summed E-state index contributed by atoms with van der Waals surface area (Å²) in [5, 5.41) is 2.47. The van der Waals surface area contributed by atoms with Gasteiger partial charge in [0.2, 0.25) is 0 Å². The van der Waals surface area contributed by atoms with Crippen molar-refractivity contribution in [3.05, 3.63) is 56.7 Å². The van der Waals surface area contributed by atoms with Crippen molar-refractivity contribution in [2.45, 2.75) is 0 Å². The van der Waals surface area contributed by atoms with Gasteiger partial charge in [-0.3, -0.25) is 25.2 Å². The van der Waals surface area contributed by atoms with Crippen molar-refractivity contribution >= 4 is 49.6 Å². The summed E-state index contributed by atoms with van der Waals surface area (Å²) in [4.78, 5) is 35.5. The maximum atomic E-state index is 11.9. The number of hydrogen-bond donors (Lipinski definition) is 3. The van der Waals surface area contributed by atoms with Crippen molar-refractivity contribution < 1.29 is 14.4 Å². The third-order valence-corrected chi connectivity index (χ3v) is 3.94. The molecule has 3 N–H and O–H groups in total. The van der Waals surface area contributed by atoms with Gasteiger partial charge in [-0.1, -0.05) is 22.0 Å². The molecule has 0 aliphatic carbocycles. The lowest BCUT2D eigenvalue weighted by Gasteiger charge is -2.09. The summed E-state index contributed by atoms with van der Waals surface area (Å²) in [7, 11) is 1.71. The lowest BCUT2D eigenvalue weighted by Crippen LogP contribution is -2.46. The number of carbonyl (C=O) groups excluding carboxylic acids is 3. The molecule has 126 valence electrons. The Bertz CT molecular complexity index is 789. The number of rotatable bonds is 4. The molecule has 0 fully saturated rings. The van der Waals surface area contributed by atoms with Gasteiger partial charge in [-0.05, 0) is 40.2 Å². The van der Waals surface area contributed by atoms with Gasteiger partial charge in [-0.25, -0.2) is 0 Å². The van der Waals surface area contributed by atoms with Crippen LogP contribution in [0.15, 0.2) is 45.5 Å². The SMILES string of the molecule is Cn1cc(Br)cc1C(=O)NNC(=O)CNC(=O)c1cccc(Br)c1. The van der Waals surface area contributed by atoms with Crippen LogP contribution in [-0.4, -0.2) is 28.8 Å². The van der Waals surface area contributed by atoms with Crippen molar-refractivity contribution in [2.75, 3.05) is 6.54 Å². The van der Waals surface area contributed by atoms with E-state index < -0.39 is 11.8 Å². The minimum atomic E-state index is -0.542. The van der Waals surface area contributed by atoms with Crippen LogP contribution in [0.5, 0.6) is 0 Å². The molecule has 0 spiro atoms. The van der Waals surface area contributed by atoms with E-state index in [1.807, 2.05) is 0 Å². The van der Waals surface area contributed by atoms with Gasteiger partial charge in [-0.15, -0.1) is 0 Å². The Hall–Kier alpha value is -2.13. The van der Waals surface area contributed by atoms with E-state index in [1.165, 1.54) is 0 Å². The van der Waals surface area contributed by atoms with Gasteiger partial charge in [0.15, 0.2) is 0 Å². The maximum absolute atomic E-state index is 11.9. The second-order valence-corrected chi connectivity index (χ2v) is 6.68. The van der Waals surface area contributed by atoms with Gasteiger partial charge in [0.05, 0.1) is 6.54 Å². The van der Waals surface area contributed by atoms with Gasteiger partial charge in [0.1, 0.15) is 5.69 Å². The number of carbonyl (C=O) groups is 3. The fraction of sp³-hybridized carbons (Fsp3) is 0.133. The summed E-state index contributed by atoms with van der Waals surface area (Å²) >= 11 is 6.53. The predicted octanol–water partition coefficient (Wildman–Crippen LogP) is 1.74. The highest BCUT2D eigenvalue weighted by molar-refractivity contribution is 9.10. The normalized spacial score (nSPS) is 10.1. The standard InChI is InChI=1S/C15H14Br2N4O3/c1-21-8-11(17)6-12(21)15(24)20-19-13(22)7-18-14(23)9-3-2-4-10(16)5-9/h2-6,8H,7H2,1H3,(H,18,23)(H,19,22)(H,20,24). The largest absolute Gasteiger partial charge is 0.345 e. The summed E-state index contributed by atoms with van der Waals surface area (Å²) in [6.07, 6.45) is 1.72. The molecule has 0 bridgehead atoms. The summed E-state index contributed by atoms with van der Waals surface area (Å²) < 4.78 is 3.13. The van der Waals surface area contributed by atoms with Gasteiger partial charge >= 0.3 is 0 Å². The van der Waals surface area contributed by atoms with Crippen molar-refractivity contribution in [1.82, 2.24) is 20.7 Å². The molecule has 0 saturated carbocycles. The van der Waals surface area contributed by atoms with Crippen LogP contribution in [0.25, 0.3) is 0 Å². The molecule has 1 aromatic heterocycles. The molecule has 0 radical (unpaired) electrons. The molecule has 1 heterocycles. The molecule has 2 aromatic rings. The average molecular weight is 458 g/mol. The van der Waals surface area contributed by atoms with Crippen molar-refractivity contribution in [1.29, 1.82) is 0 Å². The molecule has 0 saturated heterocycles. The van der Waals surface area contributed by atoms with E-state index in [-0.39, 0.29) is 12.5 Å².